The normalized spacial score (nSPS) is 15.5. The Balaban J connectivity index is 1.41. The number of anilines is 2. The summed E-state index contributed by atoms with van der Waals surface area (Å²) in [5.74, 6) is -0.630. The SMILES string of the molecule is COC(C)c1ccc(C)cc1N1C(=O)CSC1=NC(=O)Nc1ccc(-c2ncn(-c3ccc(C(F)(F)F)cn3)n2)cc1C(F)(F)F. The number of hydrogen-bond donors (Lipinski definition) is 1. The van der Waals surface area contributed by atoms with Crippen molar-refractivity contribution in [1.82, 2.24) is 19.7 Å². The second kappa shape index (κ2) is 12.6. The summed E-state index contributed by atoms with van der Waals surface area (Å²) in [7, 11) is 1.50. The first kappa shape index (κ1) is 32.6. The number of carbonyl (C=O) groups excluding carboxylic acids is 2. The maximum absolute atomic E-state index is 14.1. The quantitative estimate of drug-likeness (QED) is 0.220. The van der Waals surface area contributed by atoms with Gasteiger partial charge in [-0.2, -0.15) is 31.3 Å². The average Bonchev–Trinajstić information content (AvgIpc) is 3.63. The molecule has 240 valence electrons. The minimum atomic E-state index is -4.93. The smallest absolute Gasteiger partial charge is 0.377 e. The van der Waals surface area contributed by atoms with Gasteiger partial charge in [-0.1, -0.05) is 23.9 Å². The molecule has 4 aromatic rings. The van der Waals surface area contributed by atoms with Gasteiger partial charge in [0, 0.05) is 24.4 Å². The number of nitrogens with one attached hydrogen (secondary N) is 1. The number of rotatable bonds is 6. The summed E-state index contributed by atoms with van der Waals surface area (Å²) in [6.45, 7) is 3.59. The van der Waals surface area contributed by atoms with Crippen LogP contribution >= 0.6 is 11.8 Å². The van der Waals surface area contributed by atoms with Crippen molar-refractivity contribution in [2.24, 2.45) is 4.99 Å². The van der Waals surface area contributed by atoms with Gasteiger partial charge in [0.25, 0.3) is 0 Å². The fraction of sp³-hybridized carbons (Fsp3) is 0.241. The second-order valence-corrected chi connectivity index (χ2v) is 10.9. The molecule has 1 aliphatic heterocycles. The largest absolute Gasteiger partial charge is 0.418 e. The molecule has 10 nitrogen and oxygen atoms in total. The van der Waals surface area contributed by atoms with Gasteiger partial charge in [0.05, 0.1) is 34.4 Å². The lowest BCUT2D eigenvalue weighted by Crippen LogP contribution is -2.31. The van der Waals surface area contributed by atoms with Crippen LogP contribution in [0.2, 0.25) is 0 Å². The van der Waals surface area contributed by atoms with Gasteiger partial charge < -0.3 is 10.1 Å². The predicted molar refractivity (Wildman–Crippen MR) is 158 cm³/mol. The number of halogens is 6. The molecule has 1 unspecified atom stereocenters. The first-order valence-corrected chi connectivity index (χ1v) is 14.3. The number of nitrogens with zero attached hydrogens (tertiary/aromatic N) is 6. The molecule has 2 aromatic carbocycles. The van der Waals surface area contributed by atoms with Crippen LogP contribution in [0.4, 0.5) is 42.5 Å². The minimum Gasteiger partial charge on any atom is -0.377 e. The fourth-order valence-corrected chi connectivity index (χ4v) is 5.31. The van der Waals surface area contributed by atoms with Crippen molar-refractivity contribution in [1.29, 1.82) is 0 Å². The first-order valence-electron chi connectivity index (χ1n) is 13.3. The van der Waals surface area contributed by atoms with E-state index >= 15 is 0 Å². The lowest BCUT2D eigenvalue weighted by Gasteiger charge is -2.23. The predicted octanol–water partition coefficient (Wildman–Crippen LogP) is 7.05. The van der Waals surface area contributed by atoms with Crippen LogP contribution in [0.1, 0.15) is 35.3 Å². The van der Waals surface area contributed by atoms with Crippen molar-refractivity contribution in [2.75, 3.05) is 23.1 Å². The van der Waals surface area contributed by atoms with Crippen LogP contribution in [0.25, 0.3) is 17.2 Å². The number of thioether (sulfide) groups is 1. The Kier molecular flexibility index (Phi) is 8.90. The van der Waals surface area contributed by atoms with E-state index in [4.69, 9.17) is 4.74 Å². The van der Waals surface area contributed by atoms with Crippen molar-refractivity contribution in [3.05, 3.63) is 83.3 Å². The Bertz CT molecular complexity index is 1820. The zero-order valence-corrected chi connectivity index (χ0v) is 25.0. The highest BCUT2D eigenvalue weighted by Gasteiger charge is 2.36. The van der Waals surface area contributed by atoms with Crippen molar-refractivity contribution in [3.63, 3.8) is 0 Å². The maximum atomic E-state index is 14.1. The molecule has 2 aromatic heterocycles. The molecular weight excluding hydrogens is 640 g/mol. The lowest BCUT2D eigenvalue weighted by atomic mass is 10.0. The van der Waals surface area contributed by atoms with E-state index in [0.29, 0.717) is 23.5 Å². The van der Waals surface area contributed by atoms with E-state index in [-0.39, 0.29) is 34.0 Å². The third-order valence-electron chi connectivity index (χ3n) is 6.81. The van der Waals surface area contributed by atoms with Gasteiger partial charge in [-0.3, -0.25) is 9.69 Å². The van der Waals surface area contributed by atoms with Crippen LogP contribution < -0.4 is 10.2 Å². The van der Waals surface area contributed by atoms with E-state index in [1.54, 1.807) is 19.1 Å². The van der Waals surface area contributed by atoms with E-state index in [2.05, 4.69) is 25.4 Å². The van der Waals surface area contributed by atoms with E-state index < -0.39 is 41.3 Å². The second-order valence-electron chi connectivity index (χ2n) is 9.96. The van der Waals surface area contributed by atoms with Gasteiger partial charge in [-0.15, -0.1) is 5.10 Å². The Hall–Kier alpha value is -4.77. The van der Waals surface area contributed by atoms with Crippen molar-refractivity contribution < 1.29 is 40.7 Å². The Morgan fingerprint density at radius 1 is 1.04 bits per heavy atom. The van der Waals surface area contributed by atoms with E-state index in [1.807, 2.05) is 13.0 Å². The summed E-state index contributed by atoms with van der Waals surface area (Å²) in [6, 6.07) is 8.95. The number of aryl methyl sites for hydroxylation is 1. The molecule has 1 atom stereocenters. The van der Waals surface area contributed by atoms with Crippen LogP contribution in [0.5, 0.6) is 0 Å². The molecule has 5 rings (SSSR count). The van der Waals surface area contributed by atoms with Gasteiger partial charge in [-0.25, -0.2) is 19.4 Å². The van der Waals surface area contributed by atoms with Gasteiger partial charge in [-0.05, 0) is 55.8 Å². The van der Waals surface area contributed by atoms with Crippen LogP contribution in [-0.4, -0.2) is 49.7 Å². The standard InChI is InChI=1S/C29H23F6N7O3S/c1-15-4-7-19(16(2)45-3)22(10-15)42-24(43)13-46-27(42)39-26(44)38-21-8-5-17(11-20(21)29(33,34)35)25-37-14-41(40-25)23-9-6-18(12-36-23)28(30,31)32/h4-12,14,16H,13H2,1-3H3,(H,38,44). The third kappa shape index (κ3) is 6.89. The van der Waals surface area contributed by atoms with Gasteiger partial charge in [0.1, 0.15) is 6.33 Å². The number of aliphatic imine (C=N–C) groups is 1. The molecule has 46 heavy (non-hydrogen) atoms. The number of aromatic nitrogens is 4. The lowest BCUT2D eigenvalue weighted by molar-refractivity contribution is -0.138. The number of pyridine rings is 1. The molecular formula is C29H23F6N7O3S. The molecule has 0 saturated carbocycles. The number of benzene rings is 2. The number of hydrogen-bond acceptors (Lipinski definition) is 7. The van der Waals surface area contributed by atoms with E-state index in [1.165, 1.54) is 18.1 Å². The molecule has 1 aliphatic rings. The van der Waals surface area contributed by atoms with Crippen molar-refractivity contribution >= 4 is 40.2 Å². The van der Waals surface area contributed by atoms with Crippen LogP contribution in [-0.2, 0) is 21.9 Å². The average molecular weight is 664 g/mol. The summed E-state index contributed by atoms with van der Waals surface area (Å²) < 4.78 is 87.3. The summed E-state index contributed by atoms with van der Waals surface area (Å²) in [4.78, 5) is 38.6. The summed E-state index contributed by atoms with van der Waals surface area (Å²) in [5, 5.41) is 6.17. The molecule has 1 saturated heterocycles. The number of carbonyl (C=O) groups is 2. The monoisotopic (exact) mass is 663 g/mol. The summed E-state index contributed by atoms with van der Waals surface area (Å²) in [6.07, 6.45) is -8.26. The fourth-order valence-electron chi connectivity index (χ4n) is 4.45. The van der Waals surface area contributed by atoms with Crippen molar-refractivity contribution in [2.45, 2.75) is 32.3 Å². The number of amides is 3. The van der Waals surface area contributed by atoms with Crippen LogP contribution in [0.15, 0.2) is 66.0 Å². The van der Waals surface area contributed by atoms with Crippen molar-refractivity contribution in [3.8, 4) is 17.2 Å². The molecule has 0 bridgehead atoms. The number of amidine groups is 1. The Morgan fingerprint density at radius 3 is 2.46 bits per heavy atom. The maximum Gasteiger partial charge on any atom is 0.418 e. The van der Waals surface area contributed by atoms with Crippen LogP contribution in [0.3, 0.4) is 0 Å². The van der Waals surface area contributed by atoms with Gasteiger partial charge in [0.2, 0.25) is 5.91 Å². The molecule has 0 spiro atoms. The Morgan fingerprint density at radius 2 is 1.80 bits per heavy atom. The topological polar surface area (TPSA) is 115 Å². The number of urea groups is 1. The Labute approximate surface area is 261 Å². The molecule has 3 heterocycles. The zero-order chi connectivity index (χ0) is 33.4. The minimum absolute atomic E-state index is 0.0190. The van der Waals surface area contributed by atoms with E-state index in [0.717, 1.165) is 46.5 Å². The van der Waals surface area contributed by atoms with E-state index in [9.17, 15) is 35.9 Å². The number of ether oxygens (including phenoxy) is 1. The zero-order valence-electron chi connectivity index (χ0n) is 24.1. The third-order valence-corrected chi connectivity index (χ3v) is 7.73. The highest BCUT2D eigenvalue weighted by Crippen LogP contribution is 2.38. The first-order chi connectivity index (χ1) is 21.7. The summed E-state index contributed by atoms with van der Waals surface area (Å²) in [5.41, 5.74) is -1.01. The number of alkyl halides is 6. The number of methoxy groups -OCH3 is 1. The van der Waals surface area contributed by atoms with Gasteiger partial charge >= 0.3 is 18.4 Å². The van der Waals surface area contributed by atoms with Gasteiger partial charge in [0.15, 0.2) is 16.8 Å². The molecule has 1 fully saturated rings. The highest BCUT2D eigenvalue weighted by atomic mass is 32.2. The molecule has 17 heteroatoms. The molecule has 3 amide bonds. The van der Waals surface area contributed by atoms with Crippen LogP contribution in [0, 0.1) is 6.92 Å². The summed E-state index contributed by atoms with van der Waals surface area (Å²) >= 11 is 0.961. The molecule has 1 N–H and O–H groups in total. The molecule has 0 radical (unpaired) electrons. The highest BCUT2D eigenvalue weighted by molar-refractivity contribution is 8.15. The molecule has 0 aliphatic carbocycles.